The van der Waals surface area contributed by atoms with Gasteiger partial charge in [0.1, 0.15) is 0 Å². The number of hydrogen-bond acceptors (Lipinski definition) is 4. The molecule has 29 heavy (non-hydrogen) atoms. The molecular formula is C21H31N3O4S. The van der Waals surface area contributed by atoms with E-state index in [2.05, 4.69) is 10.6 Å². The van der Waals surface area contributed by atoms with Gasteiger partial charge in [-0.25, -0.2) is 8.42 Å². The fourth-order valence-electron chi connectivity index (χ4n) is 4.12. The standard InChI is InChI=1S/C21H31N3O4S/c25-20(17-7-3-1-4-8-17)22-13-14-23-21(26)18-11-15-24(16-12-18)29(27,28)19-9-5-2-6-10-19/h2,5-6,9-10,17-18H,1,3-4,7-8,11-16H2,(H,22,25)(H,23,26). The summed E-state index contributed by atoms with van der Waals surface area (Å²) in [6.07, 6.45) is 6.39. The number of amides is 2. The molecule has 2 amide bonds. The van der Waals surface area contributed by atoms with E-state index in [1.165, 1.54) is 10.7 Å². The fourth-order valence-corrected chi connectivity index (χ4v) is 5.62. The molecule has 0 atom stereocenters. The first-order chi connectivity index (χ1) is 14.0. The van der Waals surface area contributed by atoms with E-state index in [0.717, 1.165) is 25.7 Å². The lowest BCUT2D eigenvalue weighted by Crippen LogP contribution is -2.44. The van der Waals surface area contributed by atoms with Gasteiger partial charge in [-0.2, -0.15) is 4.31 Å². The molecule has 2 aliphatic rings. The molecule has 2 N–H and O–H groups in total. The maximum absolute atomic E-state index is 12.7. The quantitative estimate of drug-likeness (QED) is 0.658. The SMILES string of the molecule is O=C(NCCNC(=O)C1CCN(S(=O)(=O)c2ccccc2)CC1)C1CCCCC1. The molecule has 1 saturated carbocycles. The molecule has 1 aliphatic heterocycles. The van der Waals surface area contributed by atoms with Crippen LogP contribution in [0.15, 0.2) is 35.2 Å². The Kier molecular flexibility index (Phi) is 7.66. The van der Waals surface area contributed by atoms with Crippen molar-refractivity contribution in [3.63, 3.8) is 0 Å². The Balaban J connectivity index is 1.37. The maximum Gasteiger partial charge on any atom is 0.243 e. The van der Waals surface area contributed by atoms with Gasteiger partial charge in [0.2, 0.25) is 21.8 Å². The molecule has 2 fully saturated rings. The van der Waals surface area contributed by atoms with Crippen molar-refractivity contribution in [3.05, 3.63) is 30.3 Å². The summed E-state index contributed by atoms with van der Waals surface area (Å²) in [6, 6.07) is 8.39. The average Bonchev–Trinajstić information content (AvgIpc) is 2.77. The predicted octanol–water partition coefficient (Wildman–Crippen LogP) is 1.90. The second kappa shape index (κ2) is 10.2. The zero-order valence-electron chi connectivity index (χ0n) is 16.8. The molecule has 0 aromatic heterocycles. The first-order valence-electron chi connectivity index (χ1n) is 10.6. The van der Waals surface area contributed by atoms with Gasteiger partial charge in [-0.05, 0) is 37.8 Å². The van der Waals surface area contributed by atoms with Crippen molar-refractivity contribution < 1.29 is 18.0 Å². The number of carbonyl (C=O) groups is 2. The van der Waals surface area contributed by atoms with Crippen LogP contribution >= 0.6 is 0 Å². The summed E-state index contributed by atoms with van der Waals surface area (Å²) < 4.78 is 26.8. The van der Waals surface area contributed by atoms with Gasteiger partial charge in [-0.15, -0.1) is 0 Å². The van der Waals surface area contributed by atoms with Crippen molar-refractivity contribution in [2.24, 2.45) is 11.8 Å². The van der Waals surface area contributed by atoms with Gasteiger partial charge < -0.3 is 10.6 Å². The highest BCUT2D eigenvalue weighted by Gasteiger charge is 2.31. The van der Waals surface area contributed by atoms with Crippen molar-refractivity contribution in [1.29, 1.82) is 0 Å². The summed E-state index contributed by atoms with van der Waals surface area (Å²) in [6.45, 7) is 1.52. The van der Waals surface area contributed by atoms with Crippen LogP contribution in [0.4, 0.5) is 0 Å². The van der Waals surface area contributed by atoms with Crippen molar-refractivity contribution in [2.45, 2.75) is 49.8 Å². The van der Waals surface area contributed by atoms with E-state index >= 15 is 0 Å². The highest BCUT2D eigenvalue weighted by Crippen LogP contribution is 2.24. The van der Waals surface area contributed by atoms with Crippen LogP contribution in [0.5, 0.6) is 0 Å². The molecule has 3 rings (SSSR count). The number of nitrogens with one attached hydrogen (secondary N) is 2. The molecule has 1 aliphatic carbocycles. The predicted molar refractivity (Wildman–Crippen MR) is 111 cm³/mol. The summed E-state index contributed by atoms with van der Waals surface area (Å²) in [5.74, 6) is -0.0336. The summed E-state index contributed by atoms with van der Waals surface area (Å²) in [5.41, 5.74) is 0. The third-order valence-corrected chi connectivity index (χ3v) is 7.82. The van der Waals surface area contributed by atoms with E-state index in [1.54, 1.807) is 30.3 Å². The first kappa shape index (κ1) is 21.8. The minimum absolute atomic E-state index is 0.0614. The molecule has 160 valence electrons. The summed E-state index contributed by atoms with van der Waals surface area (Å²) in [7, 11) is -3.50. The van der Waals surface area contributed by atoms with Crippen LogP contribution in [0.2, 0.25) is 0 Å². The molecule has 7 nitrogen and oxygen atoms in total. The summed E-state index contributed by atoms with van der Waals surface area (Å²) in [4.78, 5) is 24.8. The van der Waals surface area contributed by atoms with Gasteiger partial charge in [0.05, 0.1) is 4.90 Å². The van der Waals surface area contributed by atoms with E-state index in [1.807, 2.05) is 0 Å². The second-order valence-corrected chi connectivity index (χ2v) is 9.85. The van der Waals surface area contributed by atoms with Crippen LogP contribution in [0, 0.1) is 11.8 Å². The molecule has 0 spiro atoms. The number of rotatable bonds is 7. The van der Waals surface area contributed by atoms with Gasteiger partial charge in [0, 0.05) is 38.0 Å². The van der Waals surface area contributed by atoms with Gasteiger partial charge >= 0.3 is 0 Å². The number of carbonyl (C=O) groups excluding carboxylic acids is 2. The van der Waals surface area contributed by atoms with Crippen LogP contribution in [-0.2, 0) is 19.6 Å². The topological polar surface area (TPSA) is 95.6 Å². The average molecular weight is 422 g/mol. The lowest BCUT2D eigenvalue weighted by Gasteiger charge is -2.30. The van der Waals surface area contributed by atoms with Gasteiger partial charge in [0.25, 0.3) is 0 Å². The zero-order chi connectivity index (χ0) is 20.7. The first-order valence-corrected chi connectivity index (χ1v) is 12.0. The van der Waals surface area contributed by atoms with E-state index in [0.29, 0.717) is 39.0 Å². The van der Waals surface area contributed by atoms with Crippen molar-refractivity contribution >= 4 is 21.8 Å². The van der Waals surface area contributed by atoms with Crippen LogP contribution in [0.25, 0.3) is 0 Å². The highest BCUT2D eigenvalue weighted by atomic mass is 32.2. The van der Waals surface area contributed by atoms with Gasteiger partial charge in [-0.1, -0.05) is 37.5 Å². The monoisotopic (exact) mass is 421 g/mol. The molecule has 1 heterocycles. The zero-order valence-corrected chi connectivity index (χ0v) is 17.6. The van der Waals surface area contributed by atoms with E-state index in [-0.39, 0.29) is 28.5 Å². The highest BCUT2D eigenvalue weighted by molar-refractivity contribution is 7.89. The van der Waals surface area contributed by atoms with Crippen molar-refractivity contribution in [3.8, 4) is 0 Å². The molecule has 1 aromatic rings. The molecular weight excluding hydrogens is 390 g/mol. The minimum atomic E-state index is -3.50. The summed E-state index contributed by atoms with van der Waals surface area (Å²) >= 11 is 0. The Labute approximate surface area is 173 Å². The Hall–Kier alpha value is -1.93. The Morgan fingerprint density at radius 2 is 1.34 bits per heavy atom. The van der Waals surface area contributed by atoms with E-state index in [4.69, 9.17) is 0 Å². The van der Waals surface area contributed by atoms with Gasteiger partial charge in [-0.3, -0.25) is 9.59 Å². The Morgan fingerprint density at radius 3 is 1.90 bits per heavy atom. The molecule has 0 bridgehead atoms. The number of piperidine rings is 1. The lowest BCUT2D eigenvalue weighted by molar-refractivity contribution is -0.127. The number of sulfonamides is 1. The normalized spacial score (nSPS) is 19.6. The minimum Gasteiger partial charge on any atom is -0.354 e. The molecule has 1 saturated heterocycles. The molecule has 1 aromatic carbocycles. The van der Waals surface area contributed by atoms with E-state index in [9.17, 15) is 18.0 Å². The third-order valence-electron chi connectivity index (χ3n) is 5.91. The van der Waals surface area contributed by atoms with Crippen molar-refractivity contribution in [1.82, 2.24) is 14.9 Å². The maximum atomic E-state index is 12.7. The molecule has 0 radical (unpaired) electrons. The largest absolute Gasteiger partial charge is 0.354 e. The van der Waals surface area contributed by atoms with E-state index < -0.39 is 10.0 Å². The third kappa shape index (κ3) is 5.79. The number of nitrogens with zero attached hydrogens (tertiary/aromatic N) is 1. The van der Waals surface area contributed by atoms with Gasteiger partial charge in [0.15, 0.2) is 0 Å². The number of benzene rings is 1. The van der Waals surface area contributed by atoms with Crippen molar-refractivity contribution in [2.75, 3.05) is 26.2 Å². The van der Waals surface area contributed by atoms with Crippen LogP contribution in [0.1, 0.15) is 44.9 Å². The van der Waals surface area contributed by atoms with Crippen LogP contribution in [-0.4, -0.2) is 50.7 Å². The second-order valence-electron chi connectivity index (χ2n) is 7.91. The Morgan fingerprint density at radius 1 is 0.828 bits per heavy atom. The molecule has 8 heteroatoms. The van der Waals surface area contributed by atoms with Crippen LogP contribution < -0.4 is 10.6 Å². The van der Waals surface area contributed by atoms with Crippen LogP contribution in [0.3, 0.4) is 0 Å². The number of hydrogen-bond donors (Lipinski definition) is 2. The smallest absolute Gasteiger partial charge is 0.243 e. The summed E-state index contributed by atoms with van der Waals surface area (Å²) in [5, 5.41) is 5.79. The lowest BCUT2D eigenvalue weighted by atomic mass is 9.89. The fraction of sp³-hybridized carbons (Fsp3) is 0.619. The Bertz CT molecular complexity index is 783. The molecule has 0 unspecified atom stereocenters.